The van der Waals surface area contributed by atoms with Gasteiger partial charge >= 0.3 is 6.03 Å². The van der Waals surface area contributed by atoms with E-state index in [2.05, 4.69) is 16.5 Å². The molecule has 4 rings (SSSR count). The van der Waals surface area contributed by atoms with Gasteiger partial charge in [-0.15, -0.1) is 0 Å². The summed E-state index contributed by atoms with van der Waals surface area (Å²) in [6, 6.07) is 8.31. The number of aryl methyl sites for hydroxylation is 1. The zero-order valence-corrected chi connectivity index (χ0v) is 14.4. The van der Waals surface area contributed by atoms with E-state index in [1.165, 1.54) is 5.56 Å². The van der Waals surface area contributed by atoms with Crippen LogP contribution in [0.25, 0.3) is 0 Å². The molecular weight excluding hydrogens is 324 g/mol. The Morgan fingerprint density at radius 3 is 3.00 bits per heavy atom. The number of rotatable bonds is 3. The molecule has 1 aromatic carbocycles. The standard InChI is InChI=1S/C18H21ClN4O/c1-22-11-13(10-20-22)17-6-3-7-23(17)18(24)21-16-9-15(16)12-4-2-5-14(19)8-12/h2,4-5,8,10-11,15-17H,3,6-7,9H2,1H3,(H,21,24)/t15-,16+,17?/m0/s1. The number of urea groups is 1. The molecule has 2 aliphatic rings. The number of benzene rings is 1. The van der Waals surface area contributed by atoms with Gasteiger partial charge < -0.3 is 10.2 Å². The van der Waals surface area contributed by atoms with Crippen LogP contribution in [0.1, 0.15) is 42.3 Å². The average molecular weight is 345 g/mol. The summed E-state index contributed by atoms with van der Waals surface area (Å²) in [7, 11) is 1.91. The number of carbonyl (C=O) groups excluding carboxylic acids is 1. The summed E-state index contributed by atoms with van der Waals surface area (Å²) in [5.41, 5.74) is 2.32. The first-order valence-corrected chi connectivity index (χ1v) is 8.81. The first kappa shape index (κ1) is 15.5. The molecule has 1 saturated heterocycles. The SMILES string of the molecule is Cn1cc(C2CCCN2C(=O)N[C@@H]2C[C@H]2c2cccc(Cl)c2)cn1. The van der Waals surface area contributed by atoms with Crippen LogP contribution in [0, 0.1) is 0 Å². The van der Waals surface area contributed by atoms with Crippen molar-refractivity contribution in [3.63, 3.8) is 0 Å². The van der Waals surface area contributed by atoms with Gasteiger partial charge in [-0.05, 0) is 37.0 Å². The number of carbonyl (C=O) groups is 1. The van der Waals surface area contributed by atoms with Crippen molar-refractivity contribution in [3.8, 4) is 0 Å². The second-order valence-electron chi connectivity index (χ2n) is 6.75. The van der Waals surface area contributed by atoms with Gasteiger partial charge in [0.15, 0.2) is 0 Å². The number of hydrogen-bond acceptors (Lipinski definition) is 2. The fraction of sp³-hybridized carbons (Fsp3) is 0.444. The molecule has 1 aliphatic heterocycles. The Morgan fingerprint density at radius 2 is 2.25 bits per heavy atom. The fourth-order valence-electron chi connectivity index (χ4n) is 3.67. The molecule has 2 aromatic rings. The fourth-order valence-corrected chi connectivity index (χ4v) is 3.87. The minimum atomic E-state index is 0.0379. The van der Waals surface area contributed by atoms with E-state index in [9.17, 15) is 4.79 Å². The Bertz CT molecular complexity index is 759. The predicted molar refractivity (Wildman–Crippen MR) is 93.0 cm³/mol. The highest BCUT2D eigenvalue weighted by Crippen LogP contribution is 2.42. The Kier molecular flexibility index (Phi) is 3.96. The van der Waals surface area contributed by atoms with Crippen LogP contribution in [0.3, 0.4) is 0 Å². The molecule has 1 saturated carbocycles. The molecule has 0 bridgehead atoms. The number of nitrogens with zero attached hydrogens (tertiary/aromatic N) is 3. The van der Waals surface area contributed by atoms with E-state index in [4.69, 9.17) is 11.6 Å². The van der Waals surface area contributed by atoms with E-state index in [0.717, 1.165) is 36.4 Å². The summed E-state index contributed by atoms with van der Waals surface area (Å²) in [5, 5.41) is 8.17. The summed E-state index contributed by atoms with van der Waals surface area (Å²) >= 11 is 6.06. The minimum absolute atomic E-state index is 0.0379. The van der Waals surface area contributed by atoms with Crippen molar-refractivity contribution in [1.29, 1.82) is 0 Å². The van der Waals surface area contributed by atoms with Crippen LogP contribution >= 0.6 is 11.6 Å². The summed E-state index contributed by atoms with van der Waals surface area (Å²) in [6.45, 7) is 0.806. The molecule has 3 atom stereocenters. The molecule has 1 aliphatic carbocycles. The van der Waals surface area contributed by atoms with Crippen LogP contribution in [0.5, 0.6) is 0 Å². The lowest BCUT2D eigenvalue weighted by Gasteiger charge is -2.24. The van der Waals surface area contributed by atoms with Gasteiger partial charge in [-0.25, -0.2) is 4.79 Å². The Morgan fingerprint density at radius 1 is 1.38 bits per heavy atom. The van der Waals surface area contributed by atoms with Gasteiger partial charge in [0, 0.05) is 42.3 Å². The monoisotopic (exact) mass is 344 g/mol. The maximum Gasteiger partial charge on any atom is 0.318 e. The van der Waals surface area contributed by atoms with Crippen LogP contribution in [0.15, 0.2) is 36.7 Å². The van der Waals surface area contributed by atoms with Gasteiger partial charge in [0.2, 0.25) is 0 Å². The van der Waals surface area contributed by atoms with Crippen molar-refractivity contribution in [1.82, 2.24) is 20.0 Å². The summed E-state index contributed by atoms with van der Waals surface area (Å²) in [5.74, 6) is 0.382. The lowest BCUT2D eigenvalue weighted by Crippen LogP contribution is -2.40. The third kappa shape index (κ3) is 3.00. The summed E-state index contributed by atoms with van der Waals surface area (Å²) in [6.07, 6.45) is 6.89. The lowest BCUT2D eigenvalue weighted by molar-refractivity contribution is 0.192. The zero-order chi connectivity index (χ0) is 16.7. The third-order valence-electron chi connectivity index (χ3n) is 5.00. The molecule has 2 amide bonds. The molecule has 5 nitrogen and oxygen atoms in total. The Labute approximate surface area is 146 Å². The van der Waals surface area contributed by atoms with E-state index in [1.54, 1.807) is 4.68 Å². The zero-order valence-electron chi connectivity index (χ0n) is 13.7. The van der Waals surface area contributed by atoms with Crippen LogP contribution in [0.2, 0.25) is 5.02 Å². The quantitative estimate of drug-likeness (QED) is 0.926. The highest BCUT2D eigenvalue weighted by atomic mass is 35.5. The van der Waals surface area contributed by atoms with Crippen LogP contribution < -0.4 is 5.32 Å². The molecule has 1 aromatic heterocycles. The highest BCUT2D eigenvalue weighted by Gasteiger charge is 2.41. The van der Waals surface area contributed by atoms with Crippen molar-refractivity contribution in [2.75, 3.05) is 6.54 Å². The minimum Gasteiger partial charge on any atom is -0.335 e. The topological polar surface area (TPSA) is 50.2 Å². The smallest absolute Gasteiger partial charge is 0.318 e. The summed E-state index contributed by atoms with van der Waals surface area (Å²) < 4.78 is 1.79. The van der Waals surface area contributed by atoms with Crippen LogP contribution in [-0.2, 0) is 7.05 Å². The molecule has 2 heterocycles. The number of likely N-dealkylation sites (tertiary alicyclic amines) is 1. The van der Waals surface area contributed by atoms with Crippen molar-refractivity contribution >= 4 is 17.6 Å². The maximum absolute atomic E-state index is 12.7. The molecule has 1 unspecified atom stereocenters. The number of halogens is 1. The molecule has 24 heavy (non-hydrogen) atoms. The molecule has 1 N–H and O–H groups in total. The van der Waals surface area contributed by atoms with Gasteiger partial charge in [-0.3, -0.25) is 4.68 Å². The van der Waals surface area contributed by atoms with Gasteiger partial charge in [0.25, 0.3) is 0 Å². The Balaban J connectivity index is 1.40. The third-order valence-corrected chi connectivity index (χ3v) is 5.23. The van der Waals surface area contributed by atoms with E-state index in [-0.39, 0.29) is 18.1 Å². The predicted octanol–water partition coefficient (Wildman–Crippen LogP) is 3.48. The van der Waals surface area contributed by atoms with Crippen molar-refractivity contribution < 1.29 is 4.79 Å². The second-order valence-corrected chi connectivity index (χ2v) is 7.19. The maximum atomic E-state index is 12.7. The van der Waals surface area contributed by atoms with Gasteiger partial charge in [0.05, 0.1) is 12.2 Å². The van der Waals surface area contributed by atoms with E-state index < -0.39 is 0 Å². The van der Waals surface area contributed by atoms with Gasteiger partial charge in [-0.2, -0.15) is 5.10 Å². The van der Waals surface area contributed by atoms with E-state index in [1.807, 2.05) is 42.5 Å². The first-order valence-electron chi connectivity index (χ1n) is 8.43. The van der Waals surface area contributed by atoms with Crippen molar-refractivity contribution in [2.24, 2.45) is 7.05 Å². The second kappa shape index (κ2) is 6.13. The Hall–Kier alpha value is -2.01. The number of aromatic nitrogens is 2. The number of hydrogen-bond donors (Lipinski definition) is 1. The molecule has 2 fully saturated rings. The lowest BCUT2D eigenvalue weighted by atomic mass is 10.1. The van der Waals surface area contributed by atoms with Crippen molar-refractivity contribution in [2.45, 2.75) is 37.3 Å². The molecule has 126 valence electrons. The number of nitrogens with one attached hydrogen (secondary N) is 1. The van der Waals surface area contributed by atoms with Crippen molar-refractivity contribution in [3.05, 3.63) is 52.8 Å². The molecule has 6 heteroatoms. The summed E-state index contributed by atoms with van der Waals surface area (Å²) in [4.78, 5) is 14.6. The highest BCUT2D eigenvalue weighted by molar-refractivity contribution is 6.30. The molecule has 0 spiro atoms. The molecule has 0 radical (unpaired) electrons. The molecular formula is C18H21ClN4O. The average Bonchev–Trinajstić information content (AvgIpc) is 2.96. The first-order chi connectivity index (χ1) is 11.6. The van der Waals surface area contributed by atoms with Crippen LogP contribution in [-0.4, -0.2) is 33.3 Å². The normalized spacial score (nSPS) is 25.8. The van der Waals surface area contributed by atoms with E-state index >= 15 is 0 Å². The van der Waals surface area contributed by atoms with Crippen LogP contribution in [0.4, 0.5) is 4.79 Å². The largest absolute Gasteiger partial charge is 0.335 e. The van der Waals surface area contributed by atoms with Gasteiger partial charge in [0.1, 0.15) is 0 Å². The van der Waals surface area contributed by atoms with Gasteiger partial charge in [-0.1, -0.05) is 23.7 Å². The number of amides is 2. The van der Waals surface area contributed by atoms with E-state index in [0.29, 0.717) is 5.92 Å².